The van der Waals surface area contributed by atoms with Crippen LogP contribution in [0.3, 0.4) is 0 Å². The summed E-state index contributed by atoms with van der Waals surface area (Å²) in [7, 11) is 0. The van der Waals surface area contributed by atoms with Gasteiger partial charge in [-0.25, -0.2) is 23.9 Å². The van der Waals surface area contributed by atoms with E-state index in [1.165, 1.54) is 4.68 Å². The number of aromatic nitrogens is 3. The van der Waals surface area contributed by atoms with Gasteiger partial charge in [0, 0.05) is 5.02 Å². The van der Waals surface area contributed by atoms with Crippen LogP contribution in [0.15, 0.2) is 64.2 Å². The third-order valence-corrected chi connectivity index (χ3v) is 3.11. The summed E-state index contributed by atoms with van der Waals surface area (Å²) < 4.78 is 2.24. The lowest BCUT2D eigenvalue weighted by atomic mass is 10.3. The Kier molecular flexibility index (Phi) is 3.04. The van der Waals surface area contributed by atoms with Gasteiger partial charge in [0.1, 0.15) is 0 Å². The van der Waals surface area contributed by atoms with Gasteiger partial charge in [-0.15, -0.1) is 0 Å². The van der Waals surface area contributed by atoms with Crippen LogP contribution in [0.25, 0.3) is 11.4 Å². The van der Waals surface area contributed by atoms with Crippen molar-refractivity contribution in [1.82, 2.24) is 14.3 Å². The molecule has 1 N–H and O–H groups in total. The molecule has 0 unspecified atom stereocenters. The fraction of sp³-hybridized carbons (Fsp3) is 0. The zero-order valence-corrected chi connectivity index (χ0v) is 11.0. The van der Waals surface area contributed by atoms with Crippen LogP contribution >= 0.6 is 11.6 Å². The maximum atomic E-state index is 12.4. The normalized spacial score (nSPS) is 10.7. The summed E-state index contributed by atoms with van der Waals surface area (Å²) in [5, 5.41) is 2.98. The maximum Gasteiger partial charge on any atom is 0.356 e. The van der Waals surface area contributed by atoms with E-state index in [4.69, 9.17) is 11.6 Å². The van der Waals surface area contributed by atoms with Crippen LogP contribution in [-0.4, -0.2) is 14.3 Å². The Morgan fingerprint density at radius 1 is 0.900 bits per heavy atom. The van der Waals surface area contributed by atoms with Crippen LogP contribution in [0, 0.1) is 0 Å². The van der Waals surface area contributed by atoms with E-state index < -0.39 is 11.4 Å². The van der Waals surface area contributed by atoms with Crippen LogP contribution in [0.4, 0.5) is 0 Å². The Labute approximate surface area is 118 Å². The molecule has 2 aromatic carbocycles. The van der Waals surface area contributed by atoms with Crippen molar-refractivity contribution < 1.29 is 0 Å². The molecule has 20 heavy (non-hydrogen) atoms. The second kappa shape index (κ2) is 4.86. The molecular formula is C14H10ClN3O2. The highest BCUT2D eigenvalue weighted by atomic mass is 35.5. The number of benzene rings is 2. The van der Waals surface area contributed by atoms with Gasteiger partial charge in [-0.2, -0.15) is 0 Å². The average molecular weight is 288 g/mol. The molecule has 0 fully saturated rings. The minimum Gasteiger partial charge on any atom is -0.246 e. The first kappa shape index (κ1) is 12.5. The summed E-state index contributed by atoms with van der Waals surface area (Å²) in [5.41, 5.74) is 0.0402. The van der Waals surface area contributed by atoms with Gasteiger partial charge in [0.2, 0.25) is 0 Å². The van der Waals surface area contributed by atoms with Crippen molar-refractivity contribution in [3.8, 4) is 11.4 Å². The van der Waals surface area contributed by atoms with Gasteiger partial charge in [-0.1, -0.05) is 35.9 Å². The van der Waals surface area contributed by atoms with E-state index in [2.05, 4.69) is 5.10 Å². The monoisotopic (exact) mass is 287 g/mol. The molecule has 0 aliphatic rings. The first-order valence-electron chi connectivity index (χ1n) is 5.92. The molecule has 0 spiro atoms. The Hall–Kier alpha value is -2.53. The lowest BCUT2D eigenvalue weighted by molar-refractivity contribution is 0.827. The molecule has 1 aromatic heterocycles. The molecule has 100 valence electrons. The van der Waals surface area contributed by atoms with Crippen molar-refractivity contribution in [1.29, 1.82) is 0 Å². The van der Waals surface area contributed by atoms with Crippen LogP contribution in [0.1, 0.15) is 0 Å². The Bertz CT molecular complexity index is 862. The minimum absolute atomic E-state index is 0.429. The van der Waals surface area contributed by atoms with E-state index in [1.54, 1.807) is 48.5 Å². The Morgan fingerprint density at radius 3 is 2.30 bits per heavy atom. The van der Waals surface area contributed by atoms with E-state index in [-0.39, 0.29) is 0 Å². The summed E-state index contributed by atoms with van der Waals surface area (Å²) in [6.45, 7) is 0. The summed E-state index contributed by atoms with van der Waals surface area (Å²) in [5.74, 6) is 0. The van der Waals surface area contributed by atoms with Crippen LogP contribution in [-0.2, 0) is 0 Å². The summed E-state index contributed by atoms with van der Waals surface area (Å²) in [6.07, 6.45) is 0. The van der Waals surface area contributed by atoms with Crippen LogP contribution < -0.4 is 11.4 Å². The van der Waals surface area contributed by atoms with E-state index in [1.807, 2.05) is 6.07 Å². The van der Waals surface area contributed by atoms with Crippen molar-refractivity contribution in [2.24, 2.45) is 0 Å². The number of H-pyrrole nitrogens is 1. The molecule has 5 nitrogen and oxygen atoms in total. The van der Waals surface area contributed by atoms with E-state index >= 15 is 0 Å². The fourth-order valence-corrected chi connectivity index (χ4v) is 2.16. The fourth-order valence-electron chi connectivity index (χ4n) is 1.98. The quantitative estimate of drug-likeness (QED) is 0.783. The van der Waals surface area contributed by atoms with Gasteiger partial charge in [0.25, 0.3) is 0 Å². The van der Waals surface area contributed by atoms with Gasteiger partial charge in [0.05, 0.1) is 11.4 Å². The summed E-state index contributed by atoms with van der Waals surface area (Å²) >= 11 is 5.89. The third-order valence-electron chi connectivity index (χ3n) is 2.87. The lowest BCUT2D eigenvalue weighted by Crippen LogP contribution is -2.26. The molecule has 0 radical (unpaired) electrons. The standard InChI is InChI=1S/C14H10ClN3O2/c15-10-5-4-8-12(9-10)17-13(19)16-18(14(17)20)11-6-2-1-3-7-11/h1-9H,(H,16,19). The second-order valence-corrected chi connectivity index (χ2v) is 4.62. The predicted molar refractivity (Wildman–Crippen MR) is 77.0 cm³/mol. The minimum atomic E-state index is -0.513. The van der Waals surface area contributed by atoms with Gasteiger partial charge in [0.15, 0.2) is 0 Å². The Balaban J connectivity index is 2.23. The van der Waals surface area contributed by atoms with E-state index in [0.717, 1.165) is 4.57 Å². The van der Waals surface area contributed by atoms with Crippen molar-refractivity contribution in [3.05, 3.63) is 80.6 Å². The average Bonchev–Trinajstić information content (AvgIpc) is 2.75. The number of aromatic amines is 1. The zero-order valence-electron chi connectivity index (χ0n) is 10.3. The highest BCUT2D eigenvalue weighted by molar-refractivity contribution is 6.30. The van der Waals surface area contributed by atoms with Crippen molar-refractivity contribution in [3.63, 3.8) is 0 Å². The highest BCUT2D eigenvalue weighted by Crippen LogP contribution is 2.12. The molecule has 3 aromatic rings. The SMILES string of the molecule is O=c1[nH]n(-c2ccccc2)c(=O)n1-c1cccc(Cl)c1. The van der Waals surface area contributed by atoms with Gasteiger partial charge < -0.3 is 0 Å². The lowest BCUT2D eigenvalue weighted by Gasteiger charge is -2.00. The molecule has 0 amide bonds. The third kappa shape index (κ3) is 2.08. The molecule has 0 aliphatic carbocycles. The topological polar surface area (TPSA) is 59.8 Å². The molecule has 6 heteroatoms. The molecule has 0 aliphatic heterocycles. The van der Waals surface area contributed by atoms with Crippen molar-refractivity contribution >= 4 is 11.6 Å². The van der Waals surface area contributed by atoms with Crippen molar-refractivity contribution in [2.75, 3.05) is 0 Å². The van der Waals surface area contributed by atoms with Crippen molar-refractivity contribution in [2.45, 2.75) is 0 Å². The van der Waals surface area contributed by atoms with Gasteiger partial charge in [-0.05, 0) is 30.3 Å². The maximum absolute atomic E-state index is 12.4. The zero-order chi connectivity index (χ0) is 14.1. The number of nitrogens with one attached hydrogen (secondary N) is 1. The molecule has 0 saturated heterocycles. The number of para-hydroxylation sites is 1. The summed E-state index contributed by atoms with van der Waals surface area (Å²) in [6, 6.07) is 15.5. The predicted octanol–water partition coefficient (Wildman–Crippen LogP) is 1.97. The number of nitrogens with zero attached hydrogens (tertiary/aromatic N) is 2. The molecule has 3 rings (SSSR count). The van der Waals surface area contributed by atoms with Crippen LogP contribution in [0.5, 0.6) is 0 Å². The van der Waals surface area contributed by atoms with E-state index in [0.29, 0.717) is 16.4 Å². The van der Waals surface area contributed by atoms with E-state index in [9.17, 15) is 9.59 Å². The number of hydrogen-bond donors (Lipinski definition) is 1. The first-order chi connectivity index (χ1) is 9.66. The summed E-state index contributed by atoms with van der Waals surface area (Å²) in [4.78, 5) is 24.3. The highest BCUT2D eigenvalue weighted by Gasteiger charge is 2.12. The number of rotatable bonds is 2. The molecular weight excluding hydrogens is 278 g/mol. The molecule has 0 saturated carbocycles. The number of hydrogen-bond acceptors (Lipinski definition) is 2. The number of halogens is 1. The van der Waals surface area contributed by atoms with Gasteiger partial charge in [-0.3, -0.25) is 0 Å². The molecule has 0 bridgehead atoms. The largest absolute Gasteiger partial charge is 0.356 e. The van der Waals surface area contributed by atoms with Crippen LogP contribution in [0.2, 0.25) is 5.02 Å². The Morgan fingerprint density at radius 2 is 1.60 bits per heavy atom. The molecule has 1 heterocycles. The first-order valence-corrected chi connectivity index (χ1v) is 6.30. The molecule has 0 atom stereocenters. The second-order valence-electron chi connectivity index (χ2n) is 4.19. The smallest absolute Gasteiger partial charge is 0.246 e. The van der Waals surface area contributed by atoms with Gasteiger partial charge >= 0.3 is 11.4 Å².